The van der Waals surface area contributed by atoms with Gasteiger partial charge in [0.25, 0.3) is 0 Å². The van der Waals surface area contributed by atoms with Gasteiger partial charge in [0.05, 0.1) is 31.3 Å². The van der Waals surface area contributed by atoms with E-state index in [0.717, 1.165) is 16.6 Å². The molecule has 192 valence electrons. The second-order valence-corrected chi connectivity index (χ2v) is 10.2. The molecule has 1 unspecified atom stereocenters. The average molecular weight is 503 g/mol. The van der Waals surface area contributed by atoms with Gasteiger partial charge in [0.15, 0.2) is 11.5 Å². The van der Waals surface area contributed by atoms with Crippen LogP contribution in [0.3, 0.4) is 0 Å². The first-order valence-electron chi connectivity index (χ1n) is 11.7. The lowest BCUT2D eigenvalue weighted by Crippen LogP contribution is -2.29. The third-order valence-electron chi connectivity index (χ3n) is 6.99. The minimum Gasteiger partial charge on any atom is -0.395 e. The Morgan fingerprint density at radius 1 is 1.11 bits per heavy atom. The molecule has 1 aliphatic heterocycles. The van der Waals surface area contributed by atoms with E-state index in [9.17, 15) is 28.9 Å². The topological polar surface area (TPSA) is 113 Å². The van der Waals surface area contributed by atoms with Gasteiger partial charge in [-0.1, -0.05) is 19.9 Å². The maximum atomic E-state index is 13.4. The van der Waals surface area contributed by atoms with Crippen molar-refractivity contribution in [3.8, 4) is 11.5 Å². The fraction of sp³-hybridized carbons (Fsp3) is 0.423. The molecule has 10 heteroatoms. The van der Waals surface area contributed by atoms with Crippen molar-refractivity contribution in [2.24, 2.45) is 0 Å². The predicted molar refractivity (Wildman–Crippen MR) is 127 cm³/mol. The molecule has 36 heavy (non-hydrogen) atoms. The van der Waals surface area contributed by atoms with E-state index in [2.05, 4.69) is 14.8 Å². The molecule has 2 aromatic carbocycles. The van der Waals surface area contributed by atoms with Gasteiger partial charge in [-0.3, -0.25) is 4.79 Å². The molecule has 8 nitrogen and oxygen atoms in total. The van der Waals surface area contributed by atoms with Gasteiger partial charge in [-0.2, -0.15) is 0 Å². The Hall–Kier alpha value is -3.21. The third-order valence-corrected chi connectivity index (χ3v) is 6.99. The van der Waals surface area contributed by atoms with Crippen LogP contribution in [0, 0.1) is 0 Å². The first kappa shape index (κ1) is 24.5. The van der Waals surface area contributed by atoms with E-state index in [1.165, 1.54) is 12.1 Å². The second-order valence-electron chi connectivity index (χ2n) is 10.2. The average Bonchev–Trinajstić information content (AvgIpc) is 3.48. The van der Waals surface area contributed by atoms with Crippen LogP contribution in [-0.4, -0.2) is 51.4 Å². The summed E-state index contributed by atoms with van der Waals surface area (Å²) in [5, 5.41) is 33.1. The molecule has 1 aliphatic carbocycles. The lowest BCUT2D eigenvalue weighted by molar-refractivity contribution is -0.286. The van der Waals surface area contributed by atoms with E-state index in [1.807, 2.05) is 36.6 Å². The van der Waals surface area contributed by atoms with Crippen LogP contribution in [0.4, 0.5) is 14.5 Å². The van der Waals surface area contributed by atoms with E-state index >= 15 is 0 Å². The minimum atomic E-state index is -3.72. The molecule has 1 aromatic heterocycles. The number of aliphatic hydroxyl groups excluding tert-OH is 3. The molecule has 2 aliphatic rings. The number of halogens is 2. The highest BCUT2D eigenvalue weighted by Crippen LogP contribution is 2.52. The van der Waals surface area contributed by atoms with Crippen LogP contribution in [0.25, 0.3) is 10.9 Å². The summed E-state index contributed by atoms with van der Waals surface area (Å²) < 4.78 is 37.7. The Bertz CT molecular complexity index is 1330. The summed E-state index contributed by atoms with van der Waals surface area (Å²) in [5.74, 6) is -0.412. The molecule has 0 saturated heterocycles. The number of anilines is 1. The van der Waals surface area contributed by atoms with E-state index in [-0.39, 0.29) is 30.6 Å². The molecule has 1 amide bonds. The van der Waals surface area contributed by atoms with Gasteiger partial charge >= 0.3 is 6.29 Å². The lowest BCUT2D eigenvalue weighted by Gasteiger charge is -2.25. The molecule has 0 bridgehead atoms. The van der Waals surface area contributed by atoms with Crippen molar-refractivity contribution < 1.29 is 38.4 Å². The summed E-state index contributed by atoms with van der Waals surface area (Å²) in [7, 11) is 0. The number of aromatic nitrogens is 1. The van der Waals surface area contributed by atoms with Crippen molar-refractivity contribution in [2.45, 2.75) is 56.5 Å². The minimum absolute atomic E-state index is 0.0668. The third kappa shape index (κ3) is 4.19. The molecular formula is C26H28F2N2O6. The molecule has 2 heterocycles. The Labute approximate surface area is 206 Å². The molecule has 0 radical (unpaired) electrons. The number of aliphatic hydroxyl groups is 3. The largest absolute Gasteiger partial charge is 0.586 e. The summed E-state index contributed by atoms with van der Waals surface area (Å²) in [6.45, 7) is 3.39. The highest BCUT2D eigenvalue weighted by Gasteiger charge is 2.52. The van der Waals surface area contributed by atoms with Crippen molar-refractivity contribution in [3.05, 3.63) is 53.7 Å². The molecule has 5 rings (SSSR count). The highest BCUT2D eigenvalue weighted by atomic mass is 19.3. The highest BCUT2D eigenvalue weighted by molar-refractivity contribution is 6.02. The Balaban J connectivity index is 1.42. The first-order valence-corrected chi connectivity index (χ1v) is 11.7. The van der Waals surface area contributed by atoms with Crippen molar-refractivity contribution >= 4 is 22.5 Å². The smallest absolute Gasteiger partial charge is 0.395 e. The molecule has 3 aromatic rings. The van der Waals surface area contributed by atoms with Gasteiger partial charge in [0, 0.05) is 27.7 Å². The fourth-order valence-electron chi connectivity index (χ4n) is 4.72. The Morgan fingerprint density at radius 2 is 1.83 bits per heavy atom. The van der Waals surface area contributed by atoms with Crippen molar-refractivity contribution in [2.75, 3.05) is 18.5 Å². The second kappa shape index (κ2) is 8.43. The molecular weight excluding hydrogens is 474 g/mol. The number of carbonyl (C=O) groups is 1. The van der Waals surface area contributed by atoms with Crippen LogP contribution in [0.2, 0.25) is 0 Å². The zero-order valence-electron chi connectivity index (χ0n) is 19.9. The molecule has 1 fully saturated rings. The van der Waals surface area contributed by atoms with Gasteiger partial charge in [-0.15, -0.1) is 8.78 Å². The van der Waals surface area contributed by atoms with E-state index in [0.29, 0.717) is 24.1 Å². The summed E-state index contributed by atoms with van der Waals surface area (Å²) in [4.78, 5) is 13.3. The Kier molecular flexibility index (Phi) is 5.73. The predicted octanol–water partition coefficient (Wildman–Crippen LogP) is 3.26. The van der Waals surface area contributed by atoms with Crippen molar-refractivity contribution in [3.63, 3.8) is 0 Å². The number of amides is 1. The lowest BCUT2D eigenvalue weighted by atomic mass is 9.90. The van der Waals surface area contributed by atoms with Gasteiger partial charge in [-0.05, 0) is 54.8 Å². The SMILES string of the molecule is CC(C)(CO)c1cc2cc(NC(=O)C3(c4ccc5c(c4)OC(F)(F)O5)CC3)ccc2n1CC(O)CO. The number of carbonyl (C=O) groups excluding carboxylic acids is 1. The number of rotatable bonds is 8. The van der Waals surface area contributed by atoms with E-state index in [4.69, 9.17) is 0 Å². The van der Waals surface area contributed by atoms with Crippen LogP contribution in [0.15, 0.2) is 42.5 Å². The fourth-order valence-corrected chi connectivity index (χ4v) is 4.72. The van der Waals surface area contributed by atoms with Crippen LogP contribution < -0.4 is 14.8 Å². The van der Waals surface area contributed by atoms with Crippen LogP contribution in [-0.2, 0) is 22.2 Å². The number of ether oxygens (including phenoxy) is 2. The van der Waals surface area contributed by atoms with Crippen LogP contribution in [0.1, 0.15) is 37.9 Å². The zero-order chi connectivity index (χ0) is 25.9. The normalized spacial score (nSPS) is 18.3. The molecule has 0 spiro atoms. The maximum Gasteiger partial charge on any atom is 0.586 e. The number of nitrogens with one attached hydrogen (secondary N) is 1. The molecule has 4 N–H and O–H groups in total. The standard InChI is InChI=1S/C26H28F2N2O6/c1-24(2,14-32)22-10-15-9-17(4-5-19(15)30(22)12-18(33)13-31)29-23(34)25(7-8-25)16-3-6-20-21(11-16)36-26(27,28)35-20/h3-6,9-11,18,31-33H,7-8,12-14H2,1-2H3,(H,29,34). The summed E-state index contributed by atoms with van der Waals surface area (Å²) in [6, 6.07) is 11.7. The van der Waals surface area contributed by atoms with Gasteiger partial charge < -0.3 is 34.7 Å². The van der Waals surface area contributed by atoms with Crippen molar-refractivity contribution in [1.29, 1.82) is 0 Å². The van der Waals surface area contributed by atoms with Crippen LogP contribution in [0.5, 0.6) is 11.5 Å². The monoisotopic (exact) mass is 502 g/mol. The van der Waals surface area contributed by atoms with Gasteiger partial charge in [0.1, 0.15) is 0 Å². The summed E-state index contributed by atoms with van der Waals surface area (Å²) in [5.41, 5.74) is 1.26. The van der Waals surface area contributed by atoms with Crippen molar-refractivity contribution in [1.82, 2.24) is 4.57 Å². The maximum absolute atomic E-state index is 13.4. The number of alkyl halides is 2. The molecule has 1 saturated carbocycles. The summed E-state index contributed by atoms with van der Waals surface area (Å²) >= 11 is 0. The van der Waals surface area contributed by atoms with Crippen LogP contribution >= 0.6 is 0 Å². The molecule has 1 atom stereocenters. The summed E-state index contributed by atoms with van der Waals surface area (Å²) in [6.07, 6.45) is -3.55. The zero-order valence-corrected chi connectivity index (χ0v) is 19.9. The number of fused-ring (bicyclic) bond motifs is 2. The number of hydrogen-bond donors (Lipinski definition) is 4. The van der Waals surface area contributed by atoms with Gasteiger partial charge in [-0.25, -0.2) is 0 Å². The quantitative estimate of drug-likeness (QED) is 0.376. The van der Waals surface area contributed by atoms with Gasteiger partial charge in [0.2, 0.25) is 5.91 Å². The Morgan fingerprint density at radius 3 is 2.50 bits per heavy atom. The number of benzene rings is 2. The van der Waals surface area contributed by atoms with E-state index < -0.39 is 29.8 Å². The first-order chi connectivity index (χ1) is 17.0. The van der Waals surface area contributed by atoms with E-state index in [1.54, 1.807) is 12.1 Å². The number of nitrogens with zero attached hydrogens (tertiary/aromatic N) is 1. The number of hydrogen-bond acceptors (Lipinski definition) is 6.